The maximum absolute atomic E-state index is 14.0. The van der Waals surface area contributed by atoms with Crippen molar-refractivity contribution < 1.29 is 28.2 Å². The first-order valence-electron chi connectivity index (χ1n) is 18.0. The second-order valence-corrected chi connectivity index (χ2v) is 13.5. The molecule has 0 radical (unpaired) electrons. The summed E-state index contributed by atoms with van der Waals surface area (Å²) < 4.78 is 30.3. The van der Waals surface area contributed by atoms with Crippen LogP contribution in [0.3, 0.4) is 0 Å². The minimum atomic E-state index is -0.208. The van der Waals surface area contributed by atoms with Gasteiger partial charge in [-0.1, -0.05) is 18.2 Å². The molecule has 2 aliphatic rings. The predicted octanol–water partition coefficient (Wildman–Crippen LogP) is 5.65. The third-order valence-corrected chi connectivity index (χ3v) is 10.5. The number of aromatic nitrogens is 3. The topological polar surface area (TPSA) is 108 Å². The van der Waals surface area contributed by atoms with Crippen LogP contribution in [0.15, 0.2) is 83.7 Å². The van der Waals surface area contributed by atoms with E-state index in [0.29, 0.717) is 55.7 Å². The molecule has 0 N–H and O–H groups in total. The lowest BCUT2D eigenvalue weighted by atomic mass is 9.77. The van der Waals surface area contributed by atoms with Crippen molar-refractivity contribution in [1.82, 2.24) is 24.3 Å². The van der Waals surface area contributed by atoms with Gasteiger partial charge in [-0.2, -0.15) is 0 Å². The molecular weight excluding hydrogens is 660 g/mol. The zero-order valence-corrected chi connectivity index (χ0v) is 30.3. The molecular formula is C40H48N6O6. The van der Waals surface area contributed by atoms with Crippen LogP contribution in [-0.4, -0.2) is 104 Å². The van der Waals surface area contributed by atoms with E-state index in [1.54, 1.807) is 39.7 Å². The predicted molar refractivity (Wildman–Crippen MR) is 199 cm³/mol. The summed E-state index contributed by atoms with van der Waals surface area (Å²) in [7, 11) is 4.69. The van der Waals surface area contributed by atoms with Gasteiger partial charge in [-0.15, -0.1) is 0 Å². The highest BCUT2D eigenvalue weighted by molar-refractivity contribution is 5.96. The van der Waals surface area contributed by atoms with Gasteiger partial charge in [-0.05, 0) is 80.4 Å². The lowest BCUT2D eigenvalue weighted by Gasteiger charge is -2.32. The second kappa shape index (κ2) is 16.1. The van der Waals surface area contributed by atoms with E-state index in [0.717, 1.165) is 74.7 Å². The second-order valence-electron chi connectivity index (χ2n) is 13.5. The number of hydrogen-bond donors (Lipinski definition) is 0. The van der Waals surface area contributed by atoms with Gasteiger partial charge >= 0.3 is 0 Å². The number of carbonyl (C=O) groups excluding carboxylic acids is 1. The molecule has 2 saturated heterocycles. The summed E-state index contributed by atoms with van der Waals surface area (Å²) in [6.07, 6.45) is 8.27. The van der Waals surface area contributed by atoms with Crippen LogP contribution in [0, 0.1) is 0 Å². The SMILES string of the molecule is COc1cc(C(=O)N2CCC(CCN3CCCN(c4nc5ccccc5n4CCOCc4ccco4)CC3)(c3cccnc3)C2)cc(OC)c1OC. The van der Waals surface area contributed by atoms with Crippen molar-refractivity contribution >= 4 is 22.9 Å². The van der Waals surface area contributed by atoms with Crippen molar-refractivity contribution in [1.29, 1.82) is 0 Å². The Labute approximate surface area is 304 Å². The number of fused-ring (bicyclic) bond motifs is 1. The van der Waals surface area contributed by atoms with Crippen LogP contribution >= 0.6 is 0 Å². The molecule has 5 heterocycles. The molecule has 7 rings (SSSR count). The smallest absolute Gasteiger partial charge is 0.254 e. The van der Waals surface area contributed by atoms with Gasteiger partial charge in [0.25, 0.3) is 5.91 Å². The van der Waals surface area contributed by atoms with Gasteiger partial charge in [0.2, 0.25) is 11.7 Å². The van der Waals surface area contributed by atoms with Crippen molar-refractivity contribution in [2.45, 2.75) is 37.8 Å². The molecule has 0 spiro atoms. The first-order valence-corrected chi connectivity index (χ1v) is 18.0. The third kappa shape index (κ3) is 7.44. The fraction of sp³-hybridized carbons (Fsp3) is 0.425. The number of methoxy groups -OCH3 is 3. The summed E-state index contributed by atoms with van der Waals surface area (Å²) in [5.41, 5.74) is 3.59. The molecule has 5 aromatic rings. The normalized spacial score (nSPS) is 18.1. The van der Waals surface area contributed by atoms with Crippen LogP contribution in [0.5, 0.6) is 17.2 Å². The summed E-state index contributed by atoms with van der Waals surface area (Å²) >= 11 is 0. The number of imidazole rings is 1. The Bertz CT molecular complexity index is 1910. The van der Waals surface area contributed by atoms with Crippen molar-refractivity contribution in [3.05, 3.63) is 96.2 Å². The molecule has 0 saturated carbocycles. The van der Waals surface area contributed by atoms with Crippen LogP contribution in [0.4, 0.5) is 5.95 Å². The molecule has 12 nitrogen and oxygen atoms in total. The summed E-state index contributed by atoms with van der Waals surface area (Å²) in [5.74, 6) is 3.16. The third-order valence-electron chi connectivity index (χ3n) is 10.5. The van der Waals surface area contributed by atoms with Crippen LogP contribution in [0.2, 0.25) is 0 Å². The van der Waals surface area contributed by atoms with Gasteiger partial charge in [-0.25, -0.2) is 4.98 Å². The van der Waals surface area contributed by atoms with E-state index in [2.05, 4.69) is 43.6 Å². The summed E-state index contributed by atoms with van der Waals surface area (Å²) in [6.45, 7) is 7.63. The number of benzene rings is 2. The highest BCUT2D eigenvalue weighted by Crippen LogP contribution is 2.41. The Morgan fingerprint density at radius 2 is 1.75 bits per heavy atom. The minimum absolute atomic E-state index is 0.0512. The first kappa shape index (κ1) is 35.3. The van der Waals surface area contributed by atoms with Crippen molar-refractivity contribution in [3.8, 4) is 17.2 Å². The Balaban J connectivity index is 1.03. The fourth-order valence-corrected chi connectivity index (χ4v) is 7.71. The highest BCUT2D eigenvalue weighted by Gasteiger charge is 2.42. The molecule has 2 fully saturated rings. The van der Waals surface area contributed by atoms with Crippen LogP contribution < -0.4 is 19.1 Å². The standard InChI is InChI=1S/C40H48N6O6/c1-48-35-25-30(26-36(49-2)37(35)50-3)38(47)45-19-14-40(29-45,31-9-6-15-41-27-31)13-18-43-16-8-17-44(21-20-43)39-42-33-11-4-5-12-34(33)46(39)22-24-51-28-32-10-7-23-52-32/h4-7,9-12,15,23,25-27H,8,13-14,16-22,24,28-29H2,1-3H3. The van der Waals surface area contributed by atoms with Gasteiger partial charge in [0, 0.05) is 62.6 Å². The summed E-state index contributed by atoms with van der Waals surface area (Å²) in [6, 6.07) is 19.8. The number of amides is 1. The van der Waals surface area contributed by atoms with Gasteiger partial charge < -0.3 is 42.6 Å². The van der Waals surface area contributed by atoms with E-state index in [1.165, 1.54) is 5.56 Å². The number of pyridine rings is 1. The molecule has 52 heavy (non-hydrogen) atoms. The number of furan rings is 1. The number of anilines is 1. The zero-order chi connectivity index (χ0) is 35.9. The zero-order valence-electron chi connectivity index (χ0n) is 30.3. The lowest BCUT2D eigenvalue weighted by Crippen LogP contribution is -2.39. The molecule has 12 heteroatoms. The minimum Gasteiger partial charge on any atom is -0.493 e. The lowest BCUT2D eigenvalue weighted by molar-refractivity contribution is 0.0780. The van der Waals surface area contributed by atoms with Gasteiger partial charge in [0.1, 0.15) is 12.4 Å². The van der Waals surface area contributed by atoms with Crippen LogP contribution in [-0.2, 0) is 23.3 Å². The Hall–Kier alpha value is -5.07. The first-order chi connectivity index (χ1) is 25.5. The van der Waals surface area contributed by atoms with E-state index in [9.17, 15) is 4.79 Å². The monoisotopic (exact) mass is 708 g/mol. The van der Waals surface area contributed by atoms with Crippen LogP contribution in [0.1, 0.15) is 40.9 Å². The molecule has 2 aliphatic heterocycles. The van der Waals surface area contributed by atoms with E-state index < -0.39 is 0 Å². The van der Waals surface area contributed by atoms with Gasteiger partial charge in [0.15, 0.2) is 11.5 Å². The Kier molecular flexibility index (Phi) is 10.9. The number of carbonyl (C=O) groups is 1. The quantitative estimate of drug-likeness (QED) is 0.134. The van der Waals surface area contributed by atoms with Crippen molar-refractivity contribution in [2.24, 2.45) is 0 Å². The molecule has 1 atom stereocenters. The molecule has 0 aliphatic carbocycles. The molecule has 0 bridgehead atoms. The van der Waals surface area contributed by atoms with Crippen LogP contribution in [0.25, 0.3) is 11.0 Å². The highest BCUT2D eigenvalue weighted by atomic mass is 16.5. The van der Waals surface area contributed by atoms with E-state index in [-0.39, 0.29) is 11.3 Å². The van der Waals surface area contributed by atoms with Crippen molar-refractivity contribution in [3.63, 3.8) is 0 Å². The Morgan fingerprint density at radius 1 is 0.904 bits per heavy atom. The maximum Gasteiger partial charge on any atom is 0.254 e. The number of ether oxygens (including phenoxy) is 4. The number of likely N-dealkylation sites (tertiary alicyclic amines) is 1. The number of para-hydroxylation sites is 2. The molecule has 274 valence electrons. The average molecular weight is 709 g/mol. The molecule has 2 aromatic carbocycles. The number of nitrogens with zero attached hydrogens (tertiary/aromatic N) is 6. The summed E-state index contributed by atoms with van der Waals surface area (Å²) in [5, 5.41) is 0. The number of hydrogen-bond acceptors (Lipinski definition) is 10. The molecule has 1 amide bonds. The molecule has 3 aromatic heterocycles. The average Bonchev–Trinajstić information content (AvgIpc) is 3.92. The maximum atomic E-state index is 14.0. The largest absolute Gasteiger partial charge is 0.493 e. The van der Waals surface area contributed by atoms with E-state index >= 15 is 0 Å². The van der Waals surface area contributed by atoms with Gasteiger partial charge in [0.05, 0.1) is 45.2 Å². The summed E-state index contributed by atoms with van der Waals surface area (Å²) in [4.78, 5) is 30.5. The van der Waals surface area contributed by atoms with Crippen molar-refractivity contribution in [2.75, 3.05) is 78.6 Å². The Morgan fingerprint density at radius 3 is 2.50 bits per heavy atom. The van der Waals surface area contributed by atoms with E-state index in [4.69, 9.17) is 28.3 Å². The van der Waals surface area contributed by atoms with Gasteiger partial charge in [-0.3, -0.25) is 9.78 Å². The fourth-order valence-electron chi connectivity index (χ4n) is 7.71. The molecule has 1 unspecified atom stereocenters. The number of rotatable bonds is 14. The van der Waals surface area contributed by atoms with E-state index in [1.807, 2.05) is 41.6 Å².